The number of oxazole rings is 1. The molecule has 0 saturated carbocycles. The Bertz CT molecular complexity index is 762. The molecule has 0 unspecified atom stereocenters. The van der Waals surface area contributed by atoms with Gasteiger partial charge >= 0.3 is 0 Å². The van der Waals surface area contributed by atoms with E-state index in [1.165, 1.54) is 10.5 Å². The second kappa shape index (κ2) is 12.7. The molecule has 1 heterocycles. The van der Waals surface area contributed by atoms with Crippen molar-refractivity contribution >= 4 is 47.6 Å². The summed E-state index contributed by atoms with van der Waals surface area (Å²) in [6.07, 6.45) is 3.66. The molecule has 0 aliphatic carbocycles. The van der Waals surface area contributed by atoms with Crippen LogP contribution in [0.25, 0.3) is 11.5 Å². The monoisotopic (exact) mass is 517 g/mol. The lowest BCUT2D eigenvalue weighted by atomic mass is 10.1. The Kier molecular flexibility index (Phi) is 11.0. The van der Waals surface area contributed by atoms with E-state index in [0.29, 0.717) is 18.4 Å². The van der Waals surface area contributed by atoms with Gasteiger partial charge in [0.15, 0.2) is 5.96 Å². The predicted octanol–water partition coefficient (Wildman–Crippen LogP) is 2.75. The summed E-state index contributed by atoms with van der Waals surface area (Å²) in [6.45, 7) is 3.35. The number of rotatable bonds is 8. The second-order valence-corrected chi connectivity index (χ2v) is 7.22. The van der Waals surface area contributed by atoms with Gasteiger partial charge in [-0.25, -0.2) is 9.98 Å². The smallest absolute Gasteiger partial charge is 0.241 e. The van der Waals surface area contributed by atoms with Crippen LogP contribution >= 0.6 is 35.7 Å². The number of hydrogen-bond donors (Lipinski definition) is 2. The molecule has 2 rings (SSSR count). The predicted molar refractivity (Wildman–Crippen MR) is 126 cm³/mol. The summed E-state index contributed by atoms with van der Waals surface area (Å²) in [5.41, 5.74) is 2.86. The molecule has 1 aromatic carbocycles. The zero-order valence-corrected chi connectivity index (χ0v) is 19.8. The molecule has 9 heteroatoms. The van der Waals surface area contributed by atoms with Crippen LogP contribution in [0.2, 0.25) is 0 Å². The van der Waals surface area contributed by atoms with Crippen LogP contribution in [0.15, 0.2) is 39.9 Å². The Balaban J connectivity index is 0.00000392. The van der Waals surface area contributed by atoms with E-state index in [2.05, 4.69) is 20.6 Å². The topological polar surface area (TPSA) is 82.8 Å². The molecule has 0 atom stereocenters. The van der Waals surface area contributed by atoms with Crippen LogP contribution in [-0.2, 0) is 11.3 Å². The average molecular weight is 517 g/mol. The highest BCUT2D eigenvalue weighted by Crippen LogP contribution is 2.19. The lowest BCUT2D eigenvalue weighted by molar-refractivity contribution is -0.127. The maximum atomic E-state index is 11.8. The van der Waals surface area contributed by atoms with Crippen LogP contribution in [0, 0.1) is 6.92 Å². The number of aryl methyl sites for hydroxylation is 1. The van der Waals surface area contributed by atoms with Gasteiger partial charge in [0.05, 0.1) is 13.1 Å². The van der Waals surface area contributed by atoms with Crippen LogP contribution < -0.4 is 10.6 Å². The van der Waals surface area contributed by atoms with Crippen molar-refractivity contribution in [3.05, 3.63) is 41.8 Å². The number of amides is 1. The molecule has 0 aliphatic heterocycles. The highest BCUT2D eigenvalue weighted by Gasteiger charge is 2.08. The van der Waals surface area contributed by atoms with Gasteiger partial charge in [-0.2, -0.15) is 11.8 Å². The Morgan fingerprint density at radius 3 is 2.61 bits per heavy atom. The number of carbonyl (C=O) groups excluding carboxylic acids is 1. The largest absolute Gasteiger partial charge is 0.444 e. The van der Waals surface area contributed by atoms with Gasteiger partial charge in [-0.05, 0) is 25.3 Å². The maximum absolute atomic E-state index is 11.8. The van der Waals surface area contributed by atoms with Crippen molar-refractivity contribution in [2.24, 2.45) is 4.99 Å². The van der Waals surface area contributed by atoms with Crippen molar-refractivity contribution in [3.8, 4) is 11.5 Å². The number of likely N-dealkylation sites (N-methyl/N-ethyl adjacent to an activating group) is 1. The highest BCUT2D eigenvalue weighted by atomic mass is 127. The number of nitrogens with one attached hydrogen (secondary N) is 2. The molecule has 1 amide bonds. The molecule has 2 N–H and O–H groups in total. The average Bonchev–Trinajstić information content (AvgIpc) is 3.12. The summed E-state index contributed by atoms with van der Waals surface area (Å²) < 4.78 is 5.57. The number of carbonyl (C=O) groups is 1. The van der Waals surface area contributed by atoms with Crippen molar-refractivity contribution in [2.75, 3.05) is 39.2 Å². The third-order valence-corrected chi connectivity index (χ3v) is 4.37. The van der Waals surface area contributed by atoms with Crippen LogP contribution in [0.5, 0.6) is 0 Å². The Labute approximate surface area is 187 Å². The Morgan fingerprint density at radius 1 is 1.25 bits per heavy atom. The van der Waals surface area contributed by atoms with Gasteiger partial charge in [-0.15, -0.1) is 24.0 Å². The van der Waals surface area contributed by atoms with Gasteiger partial charge in [-0.3, -0.25) is 4.79 Å². The third kappa shape index (κ3) is 8.09. The fourth-order valence-electron chi connectivity index (χ4n) is 2.13. The van der Waals surface area contributed by atoms with Gasteiger partial charge < -0.3 is 20.0 Å². The van der Waals surface area contributed by atoms with E-state index in [0.717, 1.165) is 23.6 Å². The van der Waals surface area contributed by atoms with Gasteiger partial charge in [0.25, 0.3) is 0 Å². The molecule has 0 saturated heterocycles. The van der Waals surface area contributed by atoms with E-state index in [-0.39, 0.29) is 36.4 Å². The quantitative estimate of drug-likeness (QED) is 0.243. The summed E-state index contributed by atoms with van der Waals surface area (Å²) in [5, 5.41) is 6.27. The van der Waals surface area contributed by atoms with Crippen LogP contribution in [0.4, 0.5) is 0 Å². The molecule has 28 heavy (non-hydrogen) atoms. The minimum Gasteiger partial charge on any atom is -0.444 e. The van der Waals surface area contributed by atoms with Crippen LogP contribution in [0.3, 0.4) is 0 Å². The molecule has 0 fully saturated rings. The van der Waals surface area contributed by atoms with Gasteiger partial charge in [-0.1, -0.05) is 17.7 Å². The van der Waals surface area contributed by atoms with E-state index in [4.69, 9.17) is 4.42 Å². The zero-order valence-electron chi connectivity index (χ0n) is 16.7. The molecule has 0 aliphatic rings. The van der Waals surface area contributed by atoms with Crippen molar-refractivity contribution in [1.82, 2.24) is 20.5 Å². The normalized spacial score (nSPS) is 10.9. The number of halogens is 1. The first-order valence-corrected chi connectivity index (χ1v) is 10.1. The summed E-state index contributed by atoms with van der Waals surface area (Å²) in [5.74, 6) is 2.09. The molecule has 1 aromatic heterocycles. The highest BCUT2D eigenvalue weighted by molar-refractivity contribution is 14.0. The lowest BCUT2D eigenvalue weighted by Crippen LogP contribution is -2.43. The first kappa shape index (κ1) is 24.3. The fraction of sp³-hybridized carbons (Fsp3) is 0.421. The van der Waals surface area contributed by atoms with Crippen molar-refractivity contribution in [3.63, 3.8) is 0 Å². The Hall–Kier alpha value is -1.75. The van der Waals surface area contributed by atoms with Crippen LogP contribution in [-0.4, -0.2) is 60.9 Å². The van der Waals surface area contributed by atoms with Gasteiger partial charge in [0.1, 0.15) is 12.0 Å². The second-order valence-electron chi connectivity index (χ2n) is 6.24. The molecule has 0 radical (unpaired) electrons. The molecular formula is C19H28IN5O2S. The maximum Gasteiger partial charge on any atom is 0.241 e. The summed E-state index contributed by atoms with van der Waals surface area (Å²) in [6, 6.07) is 8.02. The lowest BCUT2D eigenvalue weighted by Gasteiger charge is -2.14. The van der Waals surface area contributed by atoms with E-state index in [9.17, 15) is 4.79 Å². The third-order valence-electron chi connectivity index (χ3n) is 3.75. The fourth-order valence-corrected chi connectivity index (χ4v) is 2.44. The zero-order chi connectivity index (χ0) is 19.6. The molecule has 0 spiro atoms. The number of nitrogens with zero attached hydrogens (tertiary/aromatic N) is 3. The number of aliphatic imine (C=N–C) groups is 1. The number of benzene rings is 1. The Morgan fingerprint density at radius 2 is 1.96 bits per heavy atom. The van der Waals surface area contributed by atoms with E-state index in [1.807, 2.05) is 37.4 Å². The van der Waals surface area contributed by atoms with Crippen LogP contribution in [0.1, 0.15) is 11.3 Å². The summed E-state index contributed by atoms with van der Waals surface area (Å²) in [7, 11) is 3.45. The minimum atomic E-state index is -0.0162. The number of aromatic nitrogens is 1. The first-order valence-electron chi connectivity index (χ1n) is 8.72. The van der Waals surface area contributed by atoms with E-state index < -0.39 is 0 Å². The van der Waals surface area contributed by atoms with E-state index in [1.54, 1.807) is 32.1 Å². The van der Waals surface area contributed by atoms with Gasteiger partial charge in [0.2, 0.25) is 11.8 Å². The first-order chi connectivity index (χ1) is 13.0. The SMILES string of the molecule is CSCCNC(=NCc1coc(-c2ccc(C)cc2)n1)NCC(=O)N(C)C.I. The summed E-state index contributed by atoms with van der Waals surface area (Å²) in [4.78, 5) is 22.3. The summed E-state index contributed by atoms with van der Waals surface area (Å²) >= 11 is 1.74. The molecule has 2 aromatic rings. The molecule has 7 nitrogen and oxygen atoms in total. The van der Waals surface area contributed by atoms with Crippen molar-refractivity contribution < 1.29 is 9.21 Å². The number of hydrogen-bond acceptors (Lipinski definition) is 5. The van der Waals surface area contributed by atoms with Crippen molar-refractivity contribution in [1.29, 1.82) is 0 Å². The molecule has 154 valence electrons. The minimum absolute atomic E-state index is 0. The standard InChI is InChI=1S/C19H27N5O2S.HI/c1-14-5-7-15(8-6-14)18-23-16(13-26-18)11-21-19(20-9-10-27-4)22-12-17(25)24(2)3;/h5-8,13H,9-12H2,1-4H3,(H2,20,21,22);1H. The molecular weight excluding hydrogens is 489 g/mol. The molecule has 0 bridgehead atoms. The number of guanidine groups is 1. The van der Waals surface area contributed by atoms with E-state index >= 15 is 0 Å². The number of thioether (sulfide) groups is 1. The van der Waals surface area contributed by atoms with Crippen molar-refractivity contribution in [2.45, 2.75) is 13.5 Å². The van der Waals surface area contributed by atoms with Gasteiger partial charge in [0, 0.05) is 32.0 Å².